The molecule has 7 unspecified atom stereocenters. The standard InChI is InChI=1S/C37H69N7O9S/c1-8-24(6)31(44-32(47)25(23(4)5)15-16-30(45)46)36(51)41-27(14-10-12-19-39)33(48)40-26(13-9-11-18-38)34(49)43-29(21-22(2)3)35(50)42-28(37(52)53)17-20-54-7/h22-29,31H,8-21,38-39H2,1-7H3,(H,40,48)(H,41,51)(H,42,50)(H,43,49)(H,44,47)(H,45,46)(H,52,53). The monoisotopic (exact) mass is 787 g/mol. The largest absolute Gasteiger partial charge is 0.481 e. The molecule has 0 rings (SSSR count). The summed E-state index contributed by atoms with van der Waals surface area (Å²) in [6.45, 7) is 11.7. The van der Waals surface area contributed by atoms with E-state index in [0.717, 1.165) is 0 Å². The summed E-state index contributed by atoms with van der Waals surface area (Å²) >= 11 is 1.44. The van der Waals surface area contributed by atoms with Crippen LogP contribution < -0.4 is 38.1 Å². The van der Waals surface area contributed by atoms with Gasteiger partial charge in [-0.15, -0.1) is 0 Å². The number of hydrogen-bond acceptors (Lipinski definition) is 10. The van der Waals surface area contributed by atoms with Crippen molar-refractivity contribution in [3.05, 3.63) is 0 Å². The summed E-state index contributed by atoms with van der Waals surface area (Å²) in [6, 6.07) is -5.46. The van der Waals surface area contributed by atoms with E-state index in [4.69, 9.17) is 11.5 Å². The molecule has 54 heavy (non-hydrogen) atoms. The van der Waals surface area contributed by atoms with Crippen molar-refractivity contribution in [3.8, 4) is 0 Å². The molecule has 7 atom stereocenters. The van der Waals surface area contributed by atoms with Crippen LogP contribution in [0, 0.1) is 23.7 Å². The average molecular weight is 788 g/mol. The molecule has 0 saturated heterocycles. The Balaban J connectivity index is 6.34. The van der Waals surface area contributed by atoms with Crippen molar-refractivity contribution < 1.29 is 43.8 Å². The molecule has 0 aromatic carbocycles. The van der Waals surface area contributed by atoms with Crippen molar-refractivity contribution in [2.75, 3.05) is 25.1 Å². The third-order valence-corrected chi connectivity index (χ3v) is 9.97. The Hall–Kier alpha value is -3.44. The van der Waals surface area contributed by atoms with Gasteiger partial charge in [-0.3, -0.25) is 28.8 Å². The van der Waals surface area contributed by atoms with Crippen LogP contribution in [0.4, 0.5) is 0 Å². The van der Waals surface area contributed by atoms with Crippen LogP contribution in [0.3, 0.4) is 0 Å². The summed E-state index contributed by atoms with van der Waals surface area (Å²) in [6.07, 6.45) is 5.08. The topological polar surface area (TPSA) is 272 Å². The Morgan fingerprint density at radius 1 is 0.611 bits per heavy atom. The van der Waals surface area contributed by atoms with Gasteiger partial charge in [-0.05, 0) is 101 Å². The van der Waals surface area contributed by atoms with Crippen LogP contribution in [0.1, 0.15) is 112 Å². The minimum Gasteiger partial charge on any atom is -0.481 e. The number of nitrogens with one attached hydrogen (secondary N) is 5. The van der Waals surface area contributed by atoms with Crippen molar-refractivity contribution in [2.45, 2.75) is 142 Å². The van der Waals surface area contributed by atoms with Gasteiger partial charge < -0.3 is 48.3 Å². The van der Waals surface area contributed by atoms with Gasteiger partial charge in [0.1, 0.15) is 30.2 Å². The molecule has 5 amide bonds. The van der Waals surface area contributed by atoms with Crippen molar-refractivity contribution in [2.24, 2.45) is 35.1 Å². The van der Waals surface area contributed by atoms with Gasteiger partial charge >= 0.3 is 11.9 Å². The molecule has 0 aromatic rings. The van der Waals surface area contributed by atoms with Gasteiger partial charge in [-0.2, -0.15) is 11.8 Å². The summed E-state index contributed by atoms with van der Waals surface area (Å²) in [5.41, 5.74) is 11.4. The second kappa shape index (κ2) is 28.0. The van der Waals surface area contributed by atoms with Crippen LogP contribution >= 0.6 is 11.8 Å². The Labute approximate surface area is 325 Å². The van der Waals surface area contributed by atoms with E-state index < -0.39 is 77.6 Å². The normalized spacial score (nSPS) is 15.2. The second-order valence-corrected chi connectivity index (χ2v) is 15.7. The van der Waals surface area contributed by atoms with E-state index in [1.807, 2.05) is 27.0 Å². The van der Waals surface area contributed by atoms with E-state index >= 15 is 0 Å². The lowest BCUT2D eigenvalue weighted by molar-refractivity contribution is -0.142. The number of rotatable bonds is 30. The number of nitrogens with two attached hydrogens (primary N) is 2. The number of unbranched alkanes of at least 4 members (excludes halogenated alkanes) is 2. The first kappa shape index (κ1) is 50.6. The average Bonchev–Trinajstić information content (AvgIpc) is 3.10. The lowest BCUT2D eigenvalue weighted by Gasteiger charge is -2.30. The molecule has 0 radical (unpaired) electrons. The fourth-order valence-corrected chi connectivity index (χ4v) is 6.28. The third kappa shape index (κ3) is 20.3. The molecule has 16 nitrogen and oxygen atoms in total. The molecule has 0 aliphatic carbocycles. The van der Waals surface area contributed by atoms with Crippen LogP contribution in [-0.4, -0.2) is 107 Å². The maximum atomic E-state index is 13.9. The predicted molar refractivity (Wildman–Crippen MR) is 210 cm³/mol. The maximum absolute atomic E-state index is 13.9. The van der Waals surface area contributed by atoms with E-state index in [9.17, 15) is 43.8 Å². The molecule has 0 saturated carbocycles. The molecule has 0 spiro atoms. The number of carbonyl (C=O) groups is 7. The number of thioether (sulfide) groups is 1. The quantitative estimate of drug-likeness (QED) is 0.0471. The molecule has 0 heterocycles. The van der Waals surface area contributed by atoms with Crippen molar-refractivity contribution >= 4 is 53.2 Å². The fraction of sp³-hybridized carbons (Fsp3) is 0.811. The zero-order valence-electron chi connectivity index (χ0n) is 33.4. The maximum Gasteiger partial charge on any atom is 0.326 e. The smallest absolute Gasteiger partial charge is 0.326 e. The number of carboxylic acid groups (broad SMARTS) is 2. The summed E-state index contributed by atoms with van der Waals surface area (Å²) < 4.78 is 0. The van der Waals surface area contributed by atoms with E-state index in [-0.39, 0.29) is 56.3 Å². The number of aliphatic carboxylic acids is 2. The predicted octanol–water partition coefficient (Wildman–Crippen LogP) is 1.74. The Morgan fingerprint density at radius 3 is 1.52 bits per heavy atom. The van der Waals surface area contributed by atoms with E-state index in [0.29, 0.717) is 50.9 Å². The first-order valence-corrected chi connectivity index (χ1v) is 20.7. The lowest BCUT2D eigenvalue weighted by Crippen LogP contribution is -2.59. The fourth-order valence-electron chi connectivity index (χ4n) is 5.81. The highest BCUT2D eigenvalue weighted by Gasteiger charge is 2.35. The molecule has 312 valence electrons. The second-order valence-electron chi connectivity index (χ2n) is 14.7. The van der Waals surface area contributed by atoms with E-state index in [1.165, 1.54) is 11.8 Å². The van der Waals surface area contributed by atoms with Gasteiger partial charge in [0.25, 0.3) is 0 Å². The van der Waals surface area contributed by atoms with Gasteiger partial charge in [-0.25, -0.2) is 4.79 Å². The van der Waals surface area contributed by atoms with Crippen LogP contribution in [0.15, 0.2) is 0 Å². The van der Waals surface area contributed by atoms with Gasteiger partial charge in [0, 0.05) is 12.3 Å². The minimum atomic E-state index is -1.19. The van der Waals surface area contributed by atoms with E-state index in [1.54, 1.807) is 20.8 Å². The number of amides is 5. The minimum absolute atomic E-state index is 0.0464. The van der Waals surface area contributed by atoms with E-state index in [2.05, 4.69) is 26.6 Å². The molecule has 11 N–H and O–H groups in total. The van der Waals surface area contributed by atoms with Crippen molar-refractivity contribution in [1.29, 1.82) is 0 Å². The van der Waals surface area contributed by atoms with Crippen LogP contribution in [-0.2, 0) is 33.6 Å². The Kier molecular flexibility index (Phi) is 26.3. The summed E-state index contributed by atoms with van der Waals surface area (Å²) in [5, 5.41) is 32.5. The summed E-state index contributed by atoms with van der Waals surface area (Å²) in [5.74, 6) is -5.91. The molecule has 0 aliphatic heterocycles. The van der Waals surface area contributed by atoms with Crippen LogP contribution in [0.2, 0.25) is 0 Å². The van der Waals surface area contributed by atoms with Gasteiger partial charge in [0.15, 0.2) is 0 Å². The highest BCUT2D eigenvalue weighted by molar-refractivity contribution is 7.98. The highest BCUT2D eigenvalue weighted by Crippen LogP contribution is 2.20. The van der Waals surface area contributed by atoms with Crippen LogP contribution in [0.5, 0.6) is 0 Å². The molecular weight excluding hydrogens is 719 g/mol. The molecule has 0 aromatic heterocycles. The SMILES string of the molecule is CCC(C)C(NC(=O)C(CCC(=O)O)C(C)C)C(=O)NC(CCCCN)C(=O)NC(CCCCN)C(=O)NC(CC(C)C)C(=O)NC(CCSC)C(=O)O. The summed E-state index contributed by atoms with van der Waals surface area (Å²) in [4.78, 5) is 91.3. The van der Waals surface area contributed by atoms with Crippen LogP contribution in [0.25, 0.3) is 0 Å². The van der Waals surface area contributed by atoms with Gasteiger partial charge in [0.2, 0.25) is 29.5 Å². The molecule has 0 aliphatic rings. The number of carbonyl (C=O) groups excluding carboxylic acids is 5. The van der Waals surface area contributed by atoms with Gasteiger partial charge in [0.05, 0.1) is 0 Å². The molecule has 0 fully saturated rings. The first-order chi connectivity index (χ1) is 25.4. The zero-order valence-corrected chi connectivity index (χ0v) is 34.2. The molecular formula is C37H69N7O9S. The number of carboxylic acids is 2. The third-order valence-electron chi connectivity index (χ3n) is 9.33. The lowest BCUT2D eigenvalue weighted by atomic mass is 9.89. The molecule has 0 bridgehead atoms. The Morgan fingerprint density at radius 2 is 1.09 bits per heavy atom. The first-order valence-electron chi connectivity index (χ1n) is 19.3. The summed E-state index contributed by atoms with van der Waals surface area (Å²) in [7, 11) is 0. The van der Waals surface area contributed by atoms with Gasteiger partial charge in [-0.1, -0.05) is 48.0 Å². The zero-order chi connectivity index (χ0) is 41.4. The molecule has 17 heteroatoms. The highest BCUT2D eigenvalue weighted by atomic mass is 32.2. The van der Waals surface area contributed by atoms with Crippen molar-refractivity contribution in [1.82, 2.24) is 26.6 Å². The van der Waals surface area contributed by atoms with Crippen molar-refractivity contribution in [3.63, 3.8) is 0 Å². The Bertz CT molecular complexity index is 1190. The number of hydrogen-bond donors (Lipinski definition) is 9.